The Bertz CT molecular complexity index is 939. The van der Waals surface area contributed by atoms with E-state index in [4.69, 9.17) is 9.88 Å². The summed E-state index contributed by atoms with van der Waals surface area (Å²) in [6.45, 7) is 1.61. The fourth-order valence-corrected chi connectivity index (χ4v) is 3.96. The number of anilines is 1. The number of benzene rings is 2. The van der Waals surface area contributed by atoms with Crippen LogP contribution in [-0.2, 0) is 14.8 Å². The number of sulfonamides is 1. The summed E-state index contributed by atoms with van der Waals surface area (Å²) in [6.07, 6.45) is 0. The number of hydrogen-bond acceptors (Lipinski definition) is 8. The Hall–Kier alpha value is -2.18. The molecule has 0 aromatic heterocycles. The highest BCUT2D eigenvalue weighted by molar-refractivity contribution is 7.99. The Morgan fingerprint density at radius 1 is 1.23 bits per heavy atom. The molecule has 2 aromatic carbocycles. The van der Waals surface area contributed by atoms with Crippen molar-refractivity contribution in [1.29, 1.82) is 0 Å². The zero-order chi connectivity index (χ0) is 22.1. The van der Waals surface area contributed by atoms with Crippen LogP contribution in [0.3, 0.4) is 0 Å². The number of rotatable bonds is 12. The summed E-state index contributed by atoms with van der Waals surface area (Å²) in [5, 5.41) is 19.7. The Labute approximate surface area is 180 Å². The molecule has 1 atom stereocenters. The van der Waals surface area contributed by atoms with E-state index in [-0.39, 0.29) is 22.3 Å². The molecule has 0 aliphatic rings. The lowest BCUT2D eigenvalue weighted by atomic mass is 10.2. The van der Waals surface area contributed by atoms with E-state index in [1.54, 1.807) is 11.8 Å². The Balaban J connectivity index is 2.17. The quantitative estimate of drug-likeness (QED) is 0.217. The minimum Gasteiger partial charge on any atom is -0.378 e. The smallest absolute Gasteiger partial charge is 0.293 e. The van der Waals surface area contributed by atoms with Crippen molar-refractivity contribution in [3.05, 3.63) is 58.6 Å². The van der Waals surface area contributed by atoms with Crippen molar-refractivity contribution >= 4 is 33.2 Å². The van der Waals surface area contributed by atoms with Crippen LogP contribution in [0.5, 0.6) is 0 Å². The average Bonchev–Trinajstić information content (AvgIpc) is 2.69. The molecule has 0 saturated carbocycles. The minimum atomic E-state index is -4.04. The largest absolute Gasteiger partial charge is 0.378 e. The van der Waals surface area contributed by atoms with Gasteiger partial charge in [0.2, 0.25) is 10.0 Å². The van der Waals surface area contributed by atoms with Crippen LogP contribution < -0.4 is 10.5 Å². The first-order valence-corrected chi connectivity index (χ1v) is 11.7. The molecule has 164 valence electrons. The van der Waals surface area contributed by atoms with Gasteiger partial charge in [-0.2, -0.15) is 0 Å². The molecule has 0 fully saturated rings. The van der Waals surface area contributed by atoms with Gasteiger partial charge in [0, 0.05) is 23.3 Å². The van der Waals surface area contributed by atoms with Crippen molar-refractivity contribution in [2.45, 2.75) is 15.8 Å². The highest BCUT2D eigenvalue weighted by atomic mass is 32.2. The van der Waals surface area contributed by atoms with Crippen molar-refractivity contribution in [3.8, 4) is 0 Å². The SMILES string of the molecule is CN(C)CCOCC(CSc1ccccc1)Nc1ccc(S(N)(=O)=O)cc1[N+](=O)[O-]. The van der Waals surface area contributed by atoms with Gasteiger partial charge in [-0.25, -0.2) is 13.6 Å². The lowest BCUT2D eigenvalue weighted by molar-refractivity contribution is -0.384. The zero-order valence-electron chi connectivity index (χ0n) is 16.9. The van der Waals surface area contributed by atoms with Crippen LogP contribution in [0.1, 0.15) is 0 Å². The van der Waals surface area contributed by atoms with Crippen molar-refractivity contribution < 1.29 is 18.1 Å². The van der Waals surface area contributed by atoms with Gasteiger partial charge in [-0.3, -0.25) is 10.1 Å². The molecule has 3 N–H and O–H groups in total. The maximum absolute atomic E-state index is 11.5. The van der Waals surface area contributed by atoms with Gasteiger partial charge in [0.15, 0.2) is 0 Å². The number of nitrogens with zero attached hydrogens (tertiary/aromatic N) is 2. The van der Waals surface area contributed by atoms with Gasteiger partial charge in [0.1, 0.15) is 5.69 Å². The van der Waals surface area contributed by atoms with Gasteiger partial charge in [-0.05, 0) is 38.4 Å². The van der Waals surface area contributed by atoms with E-state index in [9.17, 15) is 18.5 Å². The topological polar surface area (TPSA) is 128 Å². The summed E-state index contributed by atoms with van der Waals surface area (Å²) in [6, 6.07) is 13.1. The van der Waals surface area contributed by atoms with E-state index in [1.807, 2.05) is 49.3 Å². The normalized spacial score (nSPS) is 12.7. The van der Waals surface area contributed by atoms with Crippen LogP contribution in [0, 0.1) is 10.1 Å². The monoisotopic (exact) mass is 454 g/mol. The van der Waals surface area contributed by atoms with Gasteiger partial charge >= 0.3 is 0 Å². The van der Waals surface area contributed by atoms with Gasteiger partial charge in [0.05, 0.1) is 29.1 Å². The average molecular weight is 455 g/mol. The molecule has 0 amide bonds. The van der Waals surface area contributed by atoms with Crippen LogP contribution >= 0.6 is 11.8 Å². The minimum absolute atomic E-state index is 0.210. The Kier molecular flexibility index (Phi) is 9.06. The van der Waals surface area contributed by atoms with E-state index < -0.39 is 14.9 Å². The number of primary sulfonamides is 1. The van der Waals surface area contributed by atoms with E-state index >= 15 is 0 Å². The van der Waals surface area contributed by atoms with Crippen molar-refractivity contribution in [2.24, 2.45) is 5.14 Å². The molecule has 2 aromatic rings. The Morgan fingerprint density at radius 3 is 2.53 bits per heavy atom. The highest BCUT2D eigenvalue weighted by Crippen LogP contribution is 2.29. The van der Waals surface area contributed by atoms with Crippen molar-refractivity contribution in [2.75, 3.05) is 44.9 Å². The molecule has 0 aliphatic heterocycles. The first kappa shape index (κ1) is 24.1. The molecule has 9 nitrogen and oxygen atoms in total. The highest BCUT2D eigenvalue weighted by Gasteiger charge is 2.21. The molecule has 11 heteroatoms. The Morgan fingerprint density at radius 2 is 1.93 bits per heavy atom. The summed E-state index contributed by atoms with van der Waals surface area (Å²) in [4.78, 5) is 13.6. The van der Waals surface area contributed by atoms with Gasteiger partial charge < -0.3 is 15.0 Å². The van der Waals surface area contributed by atoms with Gasteiger partial charge in [0.25, 0.3) is 5.69 Å². The lowest BCUT2D eigenvalue weighted by Gasteiger charge is -2.20. The first-order chi connectivity index (χ1) is 14.2. The maximum atomic E-state index is 11.5. The van der Waals surface area contributed by atoms with Gasteiger partial charge in [-0.15, -0.1) is 11.8 Å². The van der Waals surface area contributed by atoms with E-state index in [1.165, 1.54) is 12.1 Å². The predicted molar refractivity (Wildman–Crippen MR) is 118 cm³/mol. The number of likely N-dealkylation sites (N-methyl/N-ethyl adjacent to an activating group) is 1. The third-order valence-electron chi connectivity index (χ3n) is 4.05. The fraction of sp³-hybridized carbons (Fsp3) is 0.368. The van der Waals surface area contributed by atoms with Crippen molar-refractivity contribution in [1.82, 2.24) is 4.90 Å². The molecular weight excluding hydrogens is 428 g/mol. The number of nitro groups is 1. The number of thioether (sulfide) groups is 1. The second kappa shape index (κ2) is 11.3. The standard InChI is InChI=1S/C19H26N4O5S2/c1-22(2)10-11-28-13-15(14-29-16-6-4-3-5-7-16)21-18-9-8-17(30(20,26)27)12-19(18)23(24)25/h3-9,12,15,21H,10-11,13-14H2,1-2H3,(H2,20,26,27). The van der Waals surface area contributed by atoms with Crippen molar-refractivity contribution in [3.63, 3.8) is 0 Å². The second-order valence-electron chi connectivity index (χ2n) is 6.82. The van der Waals surface area contributed by atoms with Crippen LogP contribution in [0.15, 0.2) is 58.3 Å². The van der Waals surface area contributed by atoms with Crippen LogP contribution in [0.25, 0.3) is 0 Å². The van der Waals surface area contributed by atoms with E-state index in [2.05, 4.69) is 5.32 Å². The summed E-state index contributed by atoms with van der Waals surface area (Å²) < 4.78 is 28.8. The van der Waals surface area contributed by atoms with Gasteiger partial charge in [-0.1, -0.05) is 18.2 Å². The number of nitro benzene ring substituents is 1. The summed E-state index contributed by atoms with van der Waals surface area (Å²) >= 11 is 1.60. The molecule has 2 rings (SSSR count). The number of nitrogens with two attached hydrogens (primary N) is 1. The van der Waals surface area contributed by atoms with Crippen LogP contribution in [-0.4, -0.2) is 63.9 Å². The third kappa shape index (κ3) is 7.92. The molecule has 0 aliphatic carbocycles. The number of ether oxygens (including phenoxy) is 1. The number of nitrogens with one attached hydrogen (secondary N) is 1. The summed E-state index contributed by atoms with van der Waals surface area (Å²) in [7, 11) is -0.151. The second-order valence-corrected chi connectivity index (χ2v) is 9.48. The molecular formula is C19H26N4O5S2. The molecule has 0 saturated heterocycles. The first-order valence-electron chi connectivity index (χ1n) is 9.15. The molecule has 1 unspecified atom stereocenters. The molecule has 30 heavy (non-hydrogen) atoms. The zero-order valence-corrected chi connectivity index (χ0v) is 18.5. The lowest BCUT2D eigenvalue weighted by Crippen LogP contribution is -2.30. The van der Waals surface area contributed by atoms with E-state index in [0.717, 1.165) is 17.5 Å². The summed E-state index contributed by atoms with van der Waals surface area (Å²) in [5.74, 6) is 0.597. The molecule has 0 spiro atoms. The maximum Gasteiger partial charge on any atom is 0.293 e. The molecule has 0 radical (unpaired) electrons. The number of hydrogen-bond donors (Lipinski definition) is 2. The van der Waals surface area contributed by atoms with Crippen LogP contribution in [0.4, 0.5) is 11.4 Å². The molecule has 0 heterocycles. The third-order valence-corrected chi connectivity index (χ3v) is 6.14. The van der Waals surface area contributed by atoms with Crippen LogP contribution in [0.2, 0.25) is 0 Å². The fourth-order valence-electron chi connectivity index (χ4n) is 2.50. The van der Waals surface area contributed by atoms with E-state index in [0.29, 0.717) is 19.0 Å². The predicted octanol–water partition coefficient (Wildman–Crippen LogP) is 2.39. The molecule has 0 bridgehead atoms. The summed E-state index contributed by atoms with van der Waals surface area (Å²) in [5.41, 5.74) is -0.146.